The van der Waals surface area contributed by atoms with E-state index in [0.29, 0.717) is 18.2 Å². The minimum Gasteiger partial charge on any atom is -0.343 e. The first kappa shape index (κ1) is 16.2. The van der Waals surface area contributed by atoms with Crippen LogP contribution < -0.4 is 5.32 Å². The van der Waals surface area contributed by atoms with Gasteiger partial charge in [0.2, 0.25) is 5.91 Å². The molecule has 2 aromatic rings. The summed E-state index contributed by atoms with van der Waals surface area (Å²) in [5.41, 5.74) is 2.79. The average Bonchev–Trinajstić information content (AvgIpc) is 3.44. The molecule has 2 aromatic carbocycles. The van der Waals surface area contributed by atoms with Gasteiger partial charge < -0.3 is 10.2 Å². The van der Waals surface area contributed by atoms with Crippen LogP contribution in [-0.4, -0.2) is 29.3 Å². The maximum Gasteiger partial charge on any atom is 0.251 e. The molecule has 1 saturated carbocycles. The first-order valence-electron chi connectivity index (χ1n) is 8.32. The molecule has 0 radical (unpaired) electrons. The predicted molar refractivity (Wildman–Crippen MR) is 93.5 cm³/mol. The fourth-order valence-electron chi connectivity index (χ4n) is 2.65. The SMILES string of the molecule is Cc1ccc(C(=O)NCC(=O)N(Cc2ccccc2)C2CC2)cc1. The summed E-state index contributed by atoms with van der Waals surface area (Å²) in [7, 11) is 0. The van der Waals surface area contributed by atoms with Crippen LogP contribution in [0.3, 0.4) is 0 Å². The van der Waals surface area contributed by atoms with Gasteiger partial charge in [-0.15, -0.1) is 0 Å². The standard InChI is InChI=1S/C20H22N2O2/c1-15-7-9-17(10-8-15)20(24)21-13-19(23)22(18-11-12-18)14-16-5-3-2-4-6-16/h2-10,18H,11-14H2,1H3,(H,21,24). The molecule has 3 rings (SSSR count). The molecule has 1 fully saturated rings. The third kappa shape index (κ3) is 4.22. The Bertz CT molecular complexity index is 706. The van der Waals surface area contributed by atoms with Gasteiger partial charge in [0.1, 0.15) is 0 Å². The normalized spacial score (nSPS) is 13.4. The molecule has 4 nitrogen and oxygen atoms in total. The zero-order valence-corrected chi connectivity index (χ0v) is 13.9. The fourth-order valence-corrected chi connectivity index (χ4v) is 2.65. The number of benzene rings is 2. The van der Waals surface area contributed by atoms with Crippen LogP contribution in [0.15, 0.2) is 54.6 Å². The third-order valence-electron chi connectivity index (χ3n) is 4.22. The van der Waals surface area contributed by atoms with Gasteiger partial charge in [-0.1, -0.05) is 48.0 Å². The summed E-state index contributed by atoms with van der Waals surface area (Å²) in [6.07, 6.45) is 2.09. The lowest BCUT2D eigenvalue weighted by Crippen LogP contribution is -2.41. The summed E-state index contributed by atoms with van der Waals surface area (Å²) in [6, 6.07) is 17.6. The Hall–Kier alpha value is -2.62. The van der Waals surface area contributed by atoms with Crippen LogP contribution in [0.2, 0.25) is 0 Å². The molecule has 2 amide bonds. The summed E-state index contributed by atoms with van der Waals surface area (Å²) < 4.78 is 0. The number of hydrogen-bond donors (Lipinski definition) is 1. The smallest absolute Gasteiger partial charge is 0.251 e. The Morgan fingerprint density at radius 3 is 2.33 bits per heavy atom. The first-order valence-corrected chi connectivity index (χ1v) is 8.32. The van der Waals surface area contributed by atoms with E-state index < -0.39 is 0 Å². The minimum absolute atomic E-state index is 0.0261. The molecule has 0 saturated heterocycles. The minimum atomic E-state index is -0.209. The van der Waals surface area contributed by atoms with Crippen molar-refractivity contribution in [2.45, 2.75) is 32.4 Å². The third-order valence-corrected chi connectivity index (χ3v) is 4.22. The van der Waals surface area contributed by atoms with Crippen molar-refractivity contribution in [2.75, 3.05) is 6.54 Å². The van der Waals surface area contributed by atoms with Crippen molar-refractivity contribution >= 4 is 11.8 Å². The zero-order valence-electron chi connectivity index (χ0n) is 13.9. The average molecular weight is 322 g/mol. The molecule has 0 atom stereocenters. The van der Waals surface area contributed by atoms with Gasteiger partial charge in [0.05, 0.1) is 6.54 Å². The van der Waals surface area contributed by atoms with Crippen molar-refractivity contribution < 1.29 is 9.59 Å². The Morgan fingerprint density at radius 2 is 1.71 bits per heavy atom. The van der Waals surface area contributed by atoms with E-state index in [9.17, 15) is 9.59 Å². The number of nitrogens with one attached hydrogen (secondary N) is 1. The lowest BCUT2D eigenvalue weighted by molar-refractivity contribution is -0.131. The quantitative estimate of drug-likeness (QED) is 0.889. The number of carbonyl (C=O) groups excluding carboxylic acids is 2. The van der Waals surface area contributed by atoms with Crippen molar-refractivity contribution in [3.8, 4) is 0 Å². The molecule has 0 heterocycles. The Labute approximate surface area is 142 Å². The Kier molecular flexibility index (Phi) is 4.94. The second-order valence-electron chi connectivity index (χ2n) is 6.29. The van der Waals surface area contributed by atoms with E-state index >= 15 is 0 Å². The highest BCUT2D eigenvalue weighted by molar-refractivity contribution is 5.96. The molecule has 24 heavy (non-hydrogen) atoms. The Balaban J connectivity index is 1.57. The van der Waals surface area contributed by atoms with Crippen LogP contribution in [-0.2, 0) is 11.3 Å². The van der Waals surface area contributed by atoms with Crippen LogP contribution >= 0.6 is 0 Å². The maximum atomic E-state index is 12.5. The van der Waals surface area contributed by atoms with E-state index in [0.717, 1.165) is 24.0 Å². The van der Waals surface area contributed by atoms with Gasteiger partial charge in [-0.25, -0.2) is 0 Å². The van der Waals surface area contributed by atoms with Gasteiger partial charge >= 0.3 is 0 Å². The number of hydrogen-bond acceptors (Lipinski definition) is 2. The monoisotopic (exact) mass is 322 g/mol. The largest absolute Gasteiger partial charge is 0.343 e. The van der Waals surface area contributed by atoms with Crippen LogP contribution in [0.25, 0.3) is 0 Å². The lowest BCUT2D eigenvalue weighted by atomic mass is 10.1. The van der Waals surface area contributed by atoms with E-state index in [1.165, 1.54) is 0 Å². The van der Waals surface area contributed by atoms with Crippen LogP contribution in [0, 0.1) is 6.92 Å². The predicted octanol–water partition coefficient (Wildman–Crippen LogP) is 2.92. The number of carbonyl (C=O) groups is 2. The molecule has 0 bridgehead atoms. The number of nitrogens with zero attached hydrogens (tertiary/aromatic N) is 1. The van der Waals surface area contributed by atoms with E-state index in [1.807, 2.05) is 54.3 Å². The van der Waals surface area contributed by atoms with E-state index in [1.54, 1.807) is 12.1 Å². The second kappa shape index (κ2) is 7.30. The van der Waals surface area contributed by atoms with E-state index in [4.69, 9.17) is 0 Å². The van der Waals surface area contributed by atoms with Gasteiger partial charge in [0.15, 0.2) is 0 Å². The van der Waals surface area contributed by atoms with Crippen LogP contribution in [0.4, 0.5) is 0 Å². The van der Waals surface area contributed by atoms with Gasteiger partial charge in [-0.3, -0.25) is 9.59 Å². The highest BCUT2D eigenvalue weighted by Gasteiger charge is 2.32. The molecule has 0 aliphatic heterocycles. The lowest BCUT2D eigenvalue weighted by Gasteiger charge is -2.23. The van der Waals surface area contributed by atoms with Crippen molar-refractivity contribution in [1.29, 1.82) is 0 Å². The molecule has 124 valence electrons. The van der Waals surface area contributed by atoms with Gasteiger partial charge in [0, 0.05) is 18.2 Å². The first-order chi connectivity index (χ1) is 11.6. The summed E-state index contributed by atoms with van der Waals surface area (Å²) in [5, 5.41) is 2.74. The van der Waals surface area contributed by atoms with Gasteiger partial charge in [0.25, 0.3) is 5.91 Å². The maximum absolute atomic E-state index is 12.5. The summed E-state index contributed by atoms with van der Waals surface area (Å²) in [6.45, 7) is 2.61. The number of rotatable bonds is 6. The van der Waals surface area contributed by atoms with Gasteiger partial charge in [-0.05, 0) is 37.5 Å². The topological polar surface area (TPSA) is 49.4 Å². The fraction of sp³-hybridized carbons (Fsp3) is 0.300. The van der Waals surface area contributed by atoms with Crippen LogP contribution in [0.1, 0.15) is 34.3 Å². The summed E-state index contributed by atoms with van der Waals surface area (Å²) in [4.78, 5) is 26.6. The number of amides is 2. The van der Waals surface area contributed by atoms with Crippen LogP contribution in [0.5, 0.6) is 0 Å². The molecule has 1 N–H and O–H groups in total. The molecule has 4 heteroatoms. The van der Waals surface area contributed by atoms with Crippen molar-refractivity contribution in [1.82, 2.24) is 10.2 Å². The molecule has 0 aromatic heterocycles. The molecule has 1 aliphatic rings. The van der Waals surface area contributed by atoms with E-state index in [2.05, 4.69) is 5.32 Å². The highest BCUT2D eigenvalue weighted by atomic mass is 16.2. The van der Waals surface area contributed by atoms with Gasteiger partial charge in [-0.2, -0.15) is 0 Å². The van der Waals surface area contributed by atoms with E-state index in [-0.39, 0.29) is 18.4 Å². The van der Waals surface area contributed by atoms with Crippen molar-refractivity contribution in [3.05, 3.63) is 71.3 Å². The molecular formula is C20H22N2O2. The molecule has 0 spiro atoms. The highest BCUT2D eigenvalue weighted by Crippen LogP contribution is 2.28. The Morgan fingerprint density at radius 1 is 1.04 bits per heavy atom. The molecule has 0 unspecified atom stereocenters. The van der Waals surface area contributed by atoms with Crippen molar-refractivity contribution in [3.63, 3.8) is 0 Å². The molecule has 1 aliphatic carbocycles. The zero-order chi connectivity index (χ0) is 16.9. The van der Waals surface area contributed by atoms with Crippen molar-refractivity contribution in [2.24, 2.45) is 0 Å². The summed E-state index contributed by atoms with van der Waals surface area (Å²) >= 11 is 0. The molecular weight excluding hydrogens is 300 g/mol. The number of aryl methyl sites for hydroxylation is 1. The summed E-state index contributed by atoms with van der Waals surface area (Å²) in [5.74, 6) is -0.236. The second-order valence-corrected chi connectivity index (χ2v) is 6.29.